The highest BCUT2D eigenvalue weighted by molar-refractivity contribution is 7.96. The van der Waals surface area contributed by atoms with Gasteiger partial charge >= 0.3 is 5.30 Å². The van der Waals surface area contributed by atoms with Crippen LogP contribution in [0.5, 0.6) is 0 Å². The molecule has 0 aromatic heterocycles. The fraction of sp³-hybridized carbons (Fsp3) is 0.833. The minimum absolute atomic E-state index is 0.162. The van der Waals surface area contributed by atoms with E-state index in [1.54, 1.807) is 0 Å². The van der Waals surface area contributed by atoms with E-state index >= 15 is 0 Å². The molecular formula is C6H10O2S. The van der Waals surface area contributed by atoms with Gasteiger partial charge in [-0.3, -0.25) is 0 Å². The van der Waals surface area contributed by atoms with Gasteiger partial charge in [0.2, 0.25) is 0 Å². The molecule has 3 heteroatoms. The Balaban J connectivity index is 2.19. The normalized spacial score (nSPS) is 20.1. The average Bonchev–Trinajstić information content (AvgIpc) is 2.15. The summed E-state index contributed by atoms with van der Waals surface area (Å²) in [5.41, 5.74) is 0. The van der Waals surface area contributed by atoms with Crippen LogP contribution in [0.15, 0.2) is 0 Å². The maximum Gasteiger partial charge on any atom is 0.364 e. The topological polar surface area (TPSA) is 26.3 Å². The molecule has 1 rings (SSSR count). The summed E-state index contributed by atoms with van der Waals surface area (Å²) in [6.45, 7) is 0. The molecule has 0 N–H and O–H groups in total. The van der Waals surface area contributed by atoms with Crippen LogP contribution in [0, 0.1) is 0 Å². The van der Waals surface area contributed by atoms with Crippen molar-refractivity contribution in [2.24, 2.45) is 0 Å². The van der Waals surface area contributed by atoms with E-state index in [9.17, 15) is 4.79 Å². The Morgan fingerprint density at radius 2 is 2.00 bits per heavy atom. The quantitative estimate of drug-likeness (QED) is 0.452. The summed E-state index contributed by atoms with van der Waals surface area (Å²) in [6, 6.07) is 0. The molecule has 0 aromatic carbocycles. The molecule has 1 aliphatic rings. The van der Waals surface area contributed by atoms with Gasteiger partial charge in [-0.05, 0) is 25.7 Å². The van der Waals surface area contributed by atoms with Crippen molar-refractivity contribution in [3.63, 3.8) is 0 Å². The van der Waals surface area contributed by atoms with Gasteiger partial charge < -0.3 is 4.74 Å². The summed E-state index contributed by atoms with van der Waals surface area (Å²) < 4.78 is 4.84. The Morgan fingerprint density at radius 3 is 2.44 bits per heavy atom. The summed E-state index contributed by atoms with van der Waals surface area (Å²) >= 11 is 3.51. The number of carbonyl (C=O) groups excluding carboxylic acids is 1. The van der Waals surface area contributed by atoms with Gasteiger partial charge in [-0.15, -0.1) is 0 Å². The monoisotopic (exact) mass is 146 g/mol. The van der Waals surface area contributed by atoms with Crippen molar-refractivity contribution in [2.75, 3.05) is 0 Å². The van der Waals surface area contributed by atoms with Gasteiger partial charge in [0.25, 0.3) is 0 Å². The van der Waals surface area contributed by atoms with Gasteiger partial charge in [0.1, 0.15) is 6.10 Å². The van der Waals surface area contributed by atoms with E-state index in [-0.39, 0.29) is 6.10 Å². The Morgan fingerprint density at radius 1 is 1.44 bits per heavy atom. The number of ether oxygens (including phenoxy) is 1. The summed E-state index contributed by atoms with van der Waals surface area (Å²) in [6.07, 6.45) is 4.57. The molecule has 0 unspecified atom stereocenters. The van der Waals surface area contributed by atoms with E-state index in [0.717, 1.165) is 12.8 Å². The zero-order valence-corrected chi connectivity index (χ0v) is 6.06. The third-order valence-corrected chi connectivity index (χ3v) is 1.68. The fourth-order valence-corrected chi connectivity index (χ4v) is 1.30. The Labute approximate surface area is 60.0 Å². The van der Waals surface area contributed by atoms with Crippen molar-refractivity contribution < 1.29 is 9.53 Å². The van der Waals surface area contributed by atoms with Gasteiger partial charge in [0, 0.05) is 0 Å². The molecule has 9 heavy (non-hydrogen) atoms. The van der Waals surface area contributed by atoms with E-state index in [1.165, 1.54) is 12.8 Å². The van der Waals surface area contributed by atoms with Crippen molar-refractivity contribution >= 4 is 17.9 Å². The molecule has 1 fully saturated rings. The first-order valence-corrected chi connectivity index (χ1v) is 3.63. The predicted octanol–water partition coefficient (Wildman–Crippen LogP) is 2.00. The summed E-state index contributed by atoms with van der Waals surface area (Å²) in [5, 5.41) is -0.443. The number of rotatable bonds is 1. The van der Waals surface area contributed by atoms with Crippen LogP contribution in [0.4, 0.5) is 4.79 Å². The van der Waals surface area contributed by atoms with Gasteiger partial charge in [-0.2, -0.15) is 0 Å². The SMILES string of the molecule is O=C(S)OC1CCCC1. The van der Waals surface area contributed by atoms with E-state index in [1.807, 2.05) is 0 Å². The van der Waals surface area contributed by atoms with Gasteiger partial charge in [-0.25, -0.2) is 4.79 Å². The van der Waals surface area contributed by atoms with E-state index in [2.05, 4.69) is 12.6 Å². The third-order valence-electron chi connectivity index (χ3n) is 1.57. The van der Waals surface area contributed by atoms with E-state index in [4.69, 9.17) is 4.74 Å². The molecule has 2 nitrogen and oxygen atoms in total. The first-order valence-electron chi connectivity index (χ1n) is 3.18. The minimum Gasteiger partial charge on any atom is -0.454 e. The highest BCUT2D eigenvalue weighted by Gasteiger charge is 2.16. The Bertz CT molecular complexity index is 108. The predicted molar refractivity (Wildman–Crippen MR) is 37.7 cm³/mol. The Kier molecular flexibility index (Phi) is 2.39. The molecule has 0 radical (unpaired) electrons. The number of hydrogen-bond donors (Lipinski definition) is 1. The van der Waals surface area contributed by atoms with Crippen LogP contribution in [0.25, 0.3) is 0 Å². The van der Waals surface area contributed by atoms with Crippen molar-refractivity contribution in [3.05, 3.63) is 0 Å². The minimum atomic E-state index is -0.443. The van der Waals surface area contributed by atoms with Crippen molar-refractivity contribution in [3.8, 4) is 0 Å². The molecule has 1 saturated carbocycles. The lowest BCUT2D eigenvalue weighted by atomic mass is 10.3. The van der Waals surface area contributed by atoms with Crippen LogP contribution in [0.1, 0.15) is 25.7 Å². The Hall–Kier alpha value is -0.180. The lowest BCUT2D eigenvalue weighted by molar-refractivity contribution is 0.127. The molecule has 0 amide bonds. The summed E-state index contributed by atoms with van der Waals surface area (Å²) in [4.78, 5) is 10.2. The molecule has 0 bridgehead atoms. The van der Waals surface area contributed by atoms with Crippen LogP contribution in [0.2, 0.25) is 0 Å². The lowest BCUT2D eigenvalue weighted by Gasteiger charge is -2.06. The maximum atomic E-state index is 10.2. The van der Waals surface area contributed by atoms with Crippen LogP contribution >= 0.6 is 12.6 Å². The van der Waals surface area contributed by atoms with Crippen LogP contribution in [-0.2, 0) is 4.74 Å². The zero-order chi connectivity index (χ0) is 6.69. The molecule has 1 aliphatic carbocycles. The van der Waals surface area contributed by atoms with Crippen LogP contribution < -0.4 is 0 Å². The van der Waals surface area contributed by atoms with E-state index in [0.29, 0.717) is 0 Å². The largest absolute Gasteiger partial charge is 0.454 e. The number of hydrogen-bond acceptors (Lipinski definition) is 2. The second kappa shape index (κ2) is 3.11. The molecular weight excluding hydrogens is 136 g/mol. The standard InChI is InChI=1S/C6H10O2S/c7-6(9)8-5-3-1-2-4-5/h5H,1-4H2,(H,7,9). The van der Waals surface area contributed by atoms with E-state index < -0.39 is 5.30 Å². The molecule has 0 spiro atoms. The maximum absolute atomic E-state index is 10.2. The van der Waals surface area contributed by atoms with Gasteiger partial charge in [0.05, 0.1) is 0 Å². The smallest absolute Gasteiger partial charge is 0.364 e. The average molecular weight is 146 g/mol. The molecule has 0 saturated heterocycles. The number of thiol groups is 1. The summed E-state index contributed by atoms with van der Waals surface area (Å²) in [5.74, 6) is 0. The highest BCUT2D eigenvalue weighted by Crippen LogP contribution is 2.21. The van der Waals surface area contributed by atoms with Crippen molar-refractivity contribution in [1.82, 2.24) is 0 Å². The first-order chi connectivity index (χ1) is 4.29. The summed E-state index contributed by atoms with van der Waals surface area (Å²) in [7, 11) is 0. The molecule has 0 aliphatic heterocycles. The highest BCUT2D eigenvalue weighted by atomic mass is 32.1. The van der Waals surface area contributed by atoms with Gasteiger partial charge in [0.15, 0.2) is 0 Å². The lowest BCUT2D eigenvalue weighted by Crippen LogP contribution is -2.08. The first kappa shape index (κ1) is 6.93. The fourth-order valence-electron chi connectivity index (χ4n) is 1.15. The second-order valence-corrected chi connectivity index (χ2v) is 2.66. The van der Waals surface area contributed by atoms with Crippen molar-refractivity contribution in [2.45, 2.75) is 31.8 Å². The second-order valence-electron chi connectivity index (χ2n) is 2.29. The van der Waals surface area contributed by atoms with Crippen LogP contribution in [0.3, 0.4) is 0 Å². The van der Waals surface area contributed by atoms with Gasteiger partial charge in [-0.1, -0.05) is 12.6 Å². The zero-order valence-electron chi connectivity index (χ0n) is 5.17. The molecule has 0 aromatic rings. The third kappa shape index (κ3) is 2.26. The molecule has 52 valence electrons. The molecule has 0 heterocycles. The molecule has 0 atom stereocenters. The van der Waals surface area contributed by atoms with Crippen LogP contribution in [-0.4, -0.2) is 11.4 Å². The van der Waals surface area contributed by atoms with Crippen molar-refractivity contribution in [1.29, 1.82) is 0 Å². The number of carbonyl (C=O) groups is 1.